The Morgan fingerprint density at radius 3 is 3.36 bits per heavy atom. The van der Waals surface area contributed by atoms with Gasteiger partial charge < -0.3 is 9.05 Å². The highest BCUT2D eigenvalue weighted by atomic mass is 32.5. The van der Waals surface area contributed by atoms with Crippen molar-refractivity contribution in [2.45, 2.75) is 26.4 Å². The van der Waals surface area contributed by atoms with E-state index in [-0.39, 0.29) is 6.10 Å². The standard InChI is InChI=1S/C8H13N2O2PS/c1-3-11-13(14)10-5-4-9-8(10)6-7(2)12-13/h4-5,7H,3,6H2,1-2H3/t7-,13?/m0/s1. The normalized spacial score (nSPS) is 31.4. The van der Waals surface area contributed by atoms with Crippen molar-refractivity contribution in [2.24, 2.45) is 0 Å². The van der Waals surface area contributed by atoms with Crippen molar-refractivity contribution in [2.75, 3.05) is 6.61 Å². The van der Waals surface area contributed by atoms with Gasteiger partial charge in [-0.15, -0.1) is 0 Å². The van der Waals surface area contributed by atoms with Gasteiger partial charge in [0.25, 0.3) is 6.64 Å². The first kappa shape index (κ1) is 10.3. The molecule has 0 aliphatic carbocycles. The maximum Gasteiger partial charge on any atom is 0.295 e. The Bertz CT molecular complexity index is 379. The monoisotopic (exact) mass is 232 g/mol. The predicted octanol–water partition coefficient (Wildman–Crippen LogP) is 1.95. The molecule has 0 radical (unpaired) electrons. The molecule has 0 aromatic carbocycles. The molecule has 0 amide bonds. The number of fused-ring (bicyclic) bond motifs is 1. The van der Waals surface area contributed by atoms with Gasteiger partial charge in [0.2, 0.25) is 0 Å². The lowest BCUT2D eigenvalue weighted by molar-refractivity contribution is 0.174. The van der Waals surface area contributed by atoms with Gasteiger partial charge >= 0.3 is 0 Å². The van der Waals surface area contributed by atoms with Crippen LogP contribution in [-0.2, 0) is 27.3 Å². The van der Waals surface area contributed by atoms with Gasteiger partial charge in [-0.3, -0.25) is 4.34 Å². The fourth-order valence-electron chi connectivity index (χ4n) is 1.53. The zero-order valence-corrected chi connectivity index (χ0v) is 9.92. The highest BCUT2D eigenvalue weighted by molar-refractivity contribution is 8.09. The van der Waals surface area contributed by atoms with Gasteiger partial charge in [0.15, 0.2) is 0 Å². The van der Waals surface area contributed by atoms with Gasteiger partial charge in [-0.05, 0) is 25.7 Å². The van der Waals surface area contributed by atoms with Crippen molar-refractivity contribution in [1.29, 1.82) is 0 Å². The maximum atomic E-state index is 5.73. The molecule has 2 rings (SSSR count). The fourth-order valence-corrected chi connectivity index (χ4v) is 4.51. The van der Waals surface area contributed by atoms with Gasteiger partial charge in [-0.2, -0.15) is 0 Å². The van der Waals surface area contributed by atoms with Crippen LogP contribution < -0.4 is 0 Å². The van der Waals surface area contributed by atoms with Crippen molar-refractivity contribution in [3.63, 3.8) is 0 Å². The molecule has 0 saturated carbocycles. The summed E-state index contributed by atoms with van der Waals surface area (Å²) in [4.78, 5) is 4.25. The summed E-state index contributed by atoms with van der Waals surface area (Å²) >= 11 is 5.43. The van der Waals surface area contributed by atoms with Crippen molar-refractivity contribution >= 4 is 18.4 Å². The Balaban J connectivity index is 2.41. The molecule has 0 bridgehead atoms. The highest BCUT2D eigenvalue weighted by Crippen LogP contribution is 2.54. The van der Waals surface area contributed by atoms with Gasteiger partial charge in [0, 0.05) is 18.8 Å². The second-order valence-electron chi connectivity index (χ2n) is 3.19. The molecule has 2 heterocycles. The summed E-state index contributed by atoms with van der Waals surface area (Å²) in [5.41, 5.74) is 0. The molecule has 1 aliphatic rings. The zero-order valence-electron chi connectivity index (χ0n) is 8.21. The van der Waals surface area contributed by atoms with Crippen LogP contribution in [0.25, 0.3) is 0 Å². The van der Waals surface area contributed by atoms with Crippen LogP contribution in [0.2, 0.25) is 0 Å². The third-order valence-electron chi connectivity index (χ3n) is 2.04. The van der Waals surface area contributed by atoms with Crippen molar-refractivity contribution in [3.05, 3.63) is 18.2 Å². The van der Waals surface area contributed by atoms with Crippen LogP contribution in [0, 0.1) is 0 Å². The quantitative estimate of drug-likeness (QED) is 0.730. The summed E-state index contributed by atoms with van der Waals surface area (Å²) in [7, 11) is 0. The minimum Gasteiger partial charge on any atom is -0.314 e. The summed E-state index contributed by atoms with van der Waals surface area (Å²) < 4.78 is 13.2. The van der Waals surface area contributed by atoms with E-state index >= 15 is 0 Å². The van der Waals surface area contributed by atoms with Gasteiger partial charge in [-0.25, -0.2) is 4.98 Å². The molecule has 14 heavy (non-hydrogen) atoms. The predicted molar refractivity (Wildman–Crippen MR) is 57.8 cm³/mol. The lowest BCUT2D eigenvalue weighted by Crippen LogP contribution is -2.22. The van der Waals surface area contributed by atoms with Gasteiger partial charge in [-0.1, -0.05) is 0 Å². The number of nitrogens with zero attached hydrogens (tertiary/aromatic N) is 2. The summed E-state index contributed by atoms with van der Waals surface area (Å²) in [6, 6.07) is 0. The lowest BCUT2D eigenvalue weighted by atomic mass is 10.3. The Kier molecular flexibility index (Phi) is 2.75. The largest absolute Gasteiger partial charge is 0.314 e. The minimum atomic E-state index is -2.32. The van der Waals surface area contributed by atoms with Crippen LogP contribution in [-0.4, -0.2) is 22.0 Å². The molecule has 2 atom stereocenters. The SMILES string of the molecule is CCOP1(=S)O[C@@H](C)Cc2nccn21. The molecule has 0 saturated heterocycles. The van der Waals surface area contributed by atoms with E-state index in [0.717, 1.165) is 12.2 Å². The molecule has 6 heteroatoms. The van der Waals surface area contributed by atoms with E-state index in [1.807, 2.05) is 24.4 Å². The van der Waals surface area contributed by atoms with E-state index in [1.54, 1.807) is 6.20 Å². The number of aromatic nitrogens is 2. The summed E-state index contributed by atoms with van der Waals surface area (Å²) in [5, 5.41) is 0. The van der Waals surface area contributed by atoms with Crippen LogP contribution >= 0.6 is 6.64 Å². The Morgan fingerprint density at radius 1 is 1.86 bits per heavy atom. The van der Waals surface area contributed by atoms with Gasteiger partial charge in [0.05, 0.1) is 12.7 Å². The number of rotatable bonds is 2. The smallest absolute Gasteiger partial charge is 0.295 e. The third kappa shape index (κ3) is 1.65. The summed E-state index contributed by atoms with van der Waals surface area (Å²) in [5.74, 6) is 0.973. The average molecular weight is 232 g/mol. The van der Waals surface area contributed by atoms with E-state index < -0.39 is 6.64 Å². The molecule has 0 N–H and O–H groups in total. The van der Waals surface area contributed by atoms with Crippen LogP contribution in [0.1, 0.15) is 19.7 Å². The molecule has 0 spiro atoms. The molecule has 4 nitrogen and oxygen atoms in total. The number of hydrogen-bond donors (Lipinski definition) is 0. The van der Waals surface area contributed by atoms with Crippen molar-refractivity contribution < 1.29 is 9.05 Å². The molecular formula is C8H13N2O2PS. The second kappa shape index (κ2) is 3.74. The van der Waals surface area contributed by atoms with E-state index in [9.17, 15) is 0 Å². The number of imidazole rings is 1. The Hall–Kier alpha value is -0.220. The Labute approximate surface area is 88.5 Å². The summed E-state index contributed by atoms with van der Waals surface area (Å²) in [6.45, 7) is 2.17. The van der Waals surface area contributed by atoms with E-state index in [1.165, 1.54) is 0 Å². The number of hydrogen-bond acceptors (Lipinski definition) is 4. The van der Waals surface area contributed by atoms with Crippen LogP contribution in [0.15, 0.2) is 12.4 Å². The van der Waals surface area contributed by atoms with E-state index in [0.29, 0.717) is 6.61 Å². The average Bonchev–Trinajstić information content (AvgIpc) is 2.52. The first-order valence-electron chi connectivity index (χ1n) is 4.62. The molecule has 1 aromatic heterocycles. The first-order chi connectivity index (χ1) is 6.65. The highest BCUT2D eigenvalue weighted by Gasteiger charge is 2.32. The lowest BCUT2D eigenvalue weighted by Gasteiger charge is -2.31. The maximum absolute atomic E-state index is 5.73. The molecule has 1 unspecified atom stereocenters. The molecule has 78 valence electrons. The van der Waals surface area contributed by atoms with Crippen LogP contribution in [0.5, 0.6) is 0 Å². The van der Waals surface area contributed by atoms with Gasteiger partial charge in [0.1, 0.15) is 5.82 Å². The first-order valence-corrected chi connectivity index (χ1v) is 7.21. The molecule has 1 aliphatic heterocycles. The minimum absolute atomic E-state index is 0.0993. The fraction of sp³-hybridized carbons (Fsp3) is 0.625. The second-order valence-corrected chi connectivity index (χ2v) is 6.42. The molecule has 0 fully saturated rings. The summed E-state index contributed by atoms with van der Waals surface area (Å²) in [6.07, 6.45) is 4.50. The zero-order chi connectivity index (χ0) is 10.2. The third-order valence-corrected chi connectivity index (χ3v) is 5.24. The van der Waals surface area contributed by atoms with Crippen LogP contribution in [0.3, 0.4) is 0 Å². The van der Waals surface area contributed by atoms with E-state index in [4.69, 9.17) is 20.9 Å². The van der Waals surface area contributed by atoms with Crippen molar-refractivity contribution in [1.82, 2.24) is 9.32 Å². The molecular weight excluding hydrogens is 219 g/mol. The topological polar surface area (TPSA) is 36.3 Å². The molecule has 1 aromatic rings. The van der Waals surface area contributed by atoms with Crippen molar-refractivity contribution in [3.8, 4) is 0 Å². The van der Waals surface area contributed by atoms with Crippen LogP contribution in [0.4, 0.5) is 0 Å². The van der Waals surface area contributed by atoms with E-state index in [2.05, 4.69) is 4.98 Å². The Morgan fingerprint density at radius 2 is 2.64 bits per heavy atom.